The highest BCUT2D eigenvalue weighted by Gasteiger charge is 2.44. The number of aryl methyl sites for hydroxylation is 1. The molecule has 21 heavy (non-hydrogen) atoms. The van der Waals surface area contributed by atoms with Gasteiger partial charge in [-0.2, -0.15) is 0 Å². The van der Waals surface area contributed by atoms with E-state index in [-0.39, 0.29) is 0 Å². The van der Waals surface area contributed by atoms with Gasteiger partial charge in [0.25, 0.3) is 0 Å². The zero-order chi connectivity index (χ0) is 14.7. The van der Waals surface area contributed by atoms with Crippen molar-refractivity contribution in [3.63, 3.8) is 0 Å². The Bertz CT molecular complexity index is 443. The molecule has 2 saturated carbocycles. The van der Waals surface area contributed by atoms with Gasteiger partial charge in [-0.05, 0) is 42.2 Å². The van der Waals surface area contributed by atoms with Crippen LogP contribution in [0.4, 0.5) is 0 Å². The lowest BCUT2D eigenvalue weighted by Crippen LogP contribution is -2.42. The summed E-state index contributed by atoms with van der Waals surface area (Å²) in [6, 6.07) is 8.81. The van der Waals surface area contributed by atoms with Gasteiger partial charge in [0.15, 0.2) is 0 Å². The SMILES string of the molecule is CCc1ccc(C2(O)CCCCC2C2CCCCC2)cc1. The highest BCUT2D eigenvalue weighted by Crippen LogP contribution is 2.48. The summed E-state index contributed by atoms with van der Waals surface area (Å²) in [5.41, 5.74) is 1.98. The zero-order valence-electron chi connectivity index (χ0n) is 13.5. The largest absolute Gasteiger partial charge is 0.385 e. The Morgan fingerprint density at radius 3 is 2.29 bits per heavy atom. The van der Waals surface area contributed by atoms with Gasteiger partial charge in [0.2, 0.25) is 0 Å². The molecule has 1 N–H and O–H groups in total. The van der Waals surface area contributed by atoms with Crippen molar-refractivity contribution < 1.29 is 5.11 Å². The molecule has 0 aromatic heterocycles. The maximum Gasteiger partial charge on any atom is 0.0927 e. The first-order valence-corrected chi connectivity index (χ1v) is 9.06. The van der Waals surface area contributed by atoms with Crippen LogP contribution in [-0.4, -0.2) is 5.11 Å². The molecule has 2 atom stereocenters. The molecule has 116 valence electrons. The molecule has 1 aromatic carbocycles. The molecule has 2 fully saturated rings. The summed E-state index contributed by atoms with van der Waals surface area (Å²) in [4.78, 5) is 0. The van der Waals surface area contributed by atoms with Gasteiger partial charge in [-0.25, -0.2) is 0 Å². The van der Waals surface area contributed by atoms with Crippen LogP contribution in [0.2, 0.25) is 0 Å². The van der Waals surface area contributed by atoms with E-state index in [0.29, 0.717) is 5.92 Å². The van der Waals surface area contributed by atoms with E-state index >= 15 is 0 Å². The first-order valence-electron chi connectivity index (χ1n) is 9.06. The van der Waals surface area contributed by atoms with E-state index in [2.05, 4.69) is 31.2 Å². The van der Waals surface area contributed by atoms with Crippen LogP contribution in [0.1, 0.15) is 75.8 Å². The Hall–Kier alpha value is -0.820. The molecule has 2 unspecified atom stereocenters. The highest BCUT2D eigenvalue weighted by molar-refractivity contribution is 5.28. The molecule has 0 saturated heterocycles. The van der Waals surface area contributed by atoms with Crippen molar-refractivity contribution in [3.05, 3.63) is 35.4 Å². The number of hydrogen-bond donors (Lipinski definition) is 1. The topological polar surface area (TPSA) is 20.2 Å². The molecule has 1 heteroatoms. The van der Waals surface area contributed by atoms with E-state index in [1.54, 1.807) is 0 Å². The lowest BCUT2D eigenvalue weighted by atomic mass is 9.63. The summed E-state index contributed by atoms with van der Waals surface area (Å²) in [5.74, 6) is 1.23. The molecular weight excluding hydrogens is 256 g/mol. The van der Waals surface area contributed by atoms with Crippen LogP contribution >= 0.6 is 0 Å². The Balaban J connectivity index is 1.86. The van der Waals surface area contributed by atoms with E-state index in [4.69, 9.17) is 0 Å². The summed E-state index contributed by atoms with van der Waals surface area (Å²) < 4.78 is 0. The Kier molecular flexibility index (Phi) is 4.69. The van der Waals surface area contributed by atoms with Gasteiger partial charge in [0.05, 0.1) is 5.60 Å². The molecule has 0 aliphatic heterocycles. The van der Waals surface area contributed by atoms with Gasteiger partial charge < -0.3 is 5.11 Å². The molecule has 2 aliphatic rings. The average molecular weight is 286 g/mol. The van der Waals surface area contributed by atoms with Crippen molar-refractivity contribution >= 4 is 0 Å². The molecule has 1 nitrogen and oxygen atoms in total. The predicted octanol–water partition coefficient (Wildman–Crippen LogP) is 5.21. The van der Waals surface area contributed by atoms with E-state index in [1.165, 1.54) is 62.5 Å². The van der Waals surface area contributed by atoms with Gasteiger partial charge in [0.1, 0.15) is 0 Å². The maximum absolute atomic E-state index is 11.5. The van der Waals surface area contributed by atoms with Crippen molar-refractivity contribution in [2.24, 2.45) is 11.8 Å². The lowest BCUT2D eigenvalue weighted by Gasteiger charge is -2.45. The van der Waals surface area contributed by atoms with Crippen LogP contribution in [0.25, 0.3) is 0 Å². The molecule has 0 spiro atoms. The fourth-order valence-corrected chi connectivity index (χ4v) is 4.73. The minimum atomic E-state index is -0.563. The van der Waals surface area contributed by atoms with E-state index < -0.39 is 5.60 Å². The third-order valence-electron chi connectivity index (χ3n) is 6.02. The summed E-state index contributed by atoms with van der Waals surface area (Å²) >= 11 is 0. The van der Waals surface area contributed by atoms with Gasteiger partial charge in [0, 0.05) is 0 Å². The standard InChI is InChI=1S/C20H30O/c1-2-16-11-13-18(14-12-16)20(21)15-7-6-10-19(20)17-8-4-3-5-9-17/h11-14,17,19,21H,2-10,15H2,1H3. The van der Waals surface area contributed by atoms with Crippen LogP contribution in [0, 0.1) is 11.8 Å². The summed E-state index contributed by atoms with van der Waals surface area (Å²) in [7, 11) is 0. The maximum atomic E-state index is 11.5. The second-order valence-corrected chi connectivity index (χ2v) is 7.23. The summed E-state index contributed by atoms with van der Waals surface area (Å²) in [5, 5.41) is 11.5. The summed E-state index contributed by atoms with van der Waals surface area (Å²) in [6.07, 6.45) is 12.5. The van der Waals surface area contributed by atoms with Crippen molar-refractivity contribution in [1.82, 2.24) is 0 Å². The van der Waals surface area contributed by atoms with E-state index in [0.717, 1.165) is 18.8 Å². The molecule has 0 heterocycles. The van der Waals surface area contributed by atoms with Crippen molar-refractivity contribution in [2.45, 2.75) is 76.7 Å². The second-order valence-electron chi connectivity index (χ2n) is 7.23. The number of rotatable bonds is 3. The third kappa shape index (κ3) is 3.04. The Morgan fingerprint density at radius 1 is 0.952 bits per heavy atom. The van der Waals surface area contributed by atoms with Crippen molar-refractivity contribution in [2.75, 3.05) is 0 Å². The normalized spacial score (nSPS) is 31.2. The molecule has 0 radical (unpaired) electrons. The lowest BCUT2D eigenvalue weighted by molar-refractivity contribution is -0.0835. The smallest absolute Gasteiger partial charge is 0.0927 e. The first kappa shape index (κ1) is 15.1. The van der Waals surface area contributed by atoms with Crippen LogP contribution in [0.3, 0.4) is 0 Å². The molecule has 0 amide bonds. The number of benzene rings is 1. The predicted molar refractivity (Wildman–Crippen MR) is 88.2 cm³/mol. The number of hydrogen-bond acceptors (Lipinski definition) is 1. The number of aliphatic hydroxyl groups is 1. The molecular formula is C20H30O. The van der Waals surface area contributed by atoms with Crippen LogP contribution in [0.15, 0.2) is 24.3 Å². The van der Waals surface area contributed by atoms with E-state index in [1.807, 2.05) is 0 Å². The summed E-state index contributed by atoms with van der Waals surface area (Å²) in [6.45, 7) is 2.19. The second kappa shape index (κ2) is 6.52. The van der Waals surface area contributed by atoms with Crippen LogP contribution < -0.4 is 0 Å². The van der Waals surface area contributed by atoms with Gasteiger partial charge in [-0.3, -0.25) is 0 Å². The van der Waals surface area contributed by atoms with Gasteiger partial charge in [-0.15, -0.1) is 0 Å². The third-order valence-corrected chi connectivity index (χ3v) is 6.02. The molecule has 0 bridgehead atoms. The minimum Gasteiger partial charge on any atom is -0.385 e. The molecule has 2 aliphatic carbocycles. The highest BCUT2D eigenvalue weighted by atomic mass is 16.3. The zero-order valence-corrected chi connectivity index (χ0v) is 13.5. The quantitative estimate of drug-likeness (QED) is 0.809. The monoisotopic (exact) mass is 286 g/mol. The van der Waals surface area contributed by atoms with Crippen LogP contribution in [0.5, 0.6) is 0 Å². The average Bonchev–Trinajstić information content (AvgIpc) is 2.56. The Morgan fingerprint density at radius 2 is 1.62 bits per heavy atom. The van der Waals surface area contributed by atoms with Crippen molar-refractivity contribution in [3.8, 4) is 0 Å². The van der Waals surface area contributed by atoms with Gasteiger partial charge in [-0.1, -0.05) is 76.1 Å². The first-order chi connectivity index (χ1) is 10.2. The Labute approximate surface area is 129 Å². The van der Waals surface area contributed by atoms with Crippen LogP contribution in [-0.2, 0) is 12.0 Å². The molecule has 3 rings (SSSR count). The minimum absolute atomic E-state index is 0.485. The van der Waals surface area contributed by atoms with Gasteiger partial charge >= 0.3 is 0 Å². The fraction of sp³-hybridized carbons (Fsp3) is 0.700. The molecule has 1 aromatic rings. The van der Waals surface area contributed by atoms with E-state index in [9.17, 15) is 5.11 Å². The fourth-order valence-electron chi connectivity index (χ4n) is 4.73. The van der Waals surface area contributed by atoms with Crippen molar-refractivity contribution in [1.29, 1.82) is 0 Å².